The molecule has 0 unspecified atom stereocenters. The zero-order valence-corrected chi connectivity index (χ0v) is 15.1. The topological polar surface area (TPSA) is 70.9 Å². The van der Waals surface area contributed by atoms with Gasteiger partial charge in [-0.1, -0.05) is 41.1 Å². The number of carbonyl (C=O) groups excluding carboxylic acids is 1. The first-order valence-electron chi connectivity index (χ1n) is 8.46. The Labute approximate surface area is 157 Å². The molecule has 0 bridgehead atoms. The van der Waals surface area contributed by atoms with Crippen LogP contribution in [0.25, 0.3) is 0 Å². The number of para-hydroxylation sites is 1. The van der Waals surface area contributed by atoms with E-state index in [-0.39, 0.29) is 5.91 Å². The summed E-state index contributed by atoms with van der Waals surface area (Å²) < 4.78 is 5.16. The largest absolute Gasteiger partial charge is 0.497 e. The van der Waals surface area contributed by atoms with E-state index in [0.29, 0.717) is 33.8 Å². The molecule has 0 fully saturated rings. The van der Waals surface area contributed by atoms with E-state index in [2.05, 4.69) is 10.5 Å². The summed E-state index contributed by atoms with van der Waals surface area (Å²) in [7, 11) is 1.59. The van der Waals surface area contributed by atoms with E-state index in [4.69, 9.17) is 4.74 Å². The number of carbonyl (C=O) groups is 1. The summed E-state index contributed by atoms with van der Waals surface area (Å²) in [5.41, 5.74) is 3.88. The molecule has 27 heavy (non-hydrogen) atoms. The molecule has 5 heteroatoms. The van der Waals surface area contributed by atoms with Gasteiger partial charge < -0.3 is 15.3 Å². The van der Waals surface area contributed by atoms with Crippen LogP contribution in [0.5, 0.6) is 5.75 Å². The number of nitrogens with one attached hydrogen (secondary N) is 1. The Balaban J connectivity index is 1.92. The van der Waals surface area contributed by atoms with Crippen LogP contribution in [0.2, 0.25) is 0 Å². The average molecular weight is 360 g/mol. The van der Waals surface area contributed by atoms with Crippen LogP contribution in [0.1, 0.15) is 27.0 Å². The average Bonchev–Trinajstić information content (AvgIpc) is 2.71. The van der Waals surface area contributed by atoms with Crippen LogP contribution in [-0.4, -0.2) is 23.9 Å². The van der Waals surface area contributed by atoms with Crippen LogP contribution in [0.3, 0.4) is 0 Å². The predicted molar refractivity (Wildman–Crippen MR) is 106 cm³/mol. The number of methoxy groups -OCH3 is 1. The SMILES string of the molecule is COc1ccc(/C(=N/O)c2ccccc2NC(=O)c2ccc(C)cc2)cc1. The van der Waals surface area contributed by atoms with Gasteiger partial charge >= 0.3 is 0 Å². The number of oxime groups is 1. The molecule has 1 amide bonds. The van der Waals surface area contributed by atoms with E-state index in [0.717, 1.165) is 5.56 Å². The van der Waals surface area contributed by atoms with Crippen molar-refractivity contribution in [2.75, 3.05) is 12.4 Å². The molecule has 3 aromatic carbocycles. The Bertz CT molecular complexity index is 962. The third-order valence-corrected chi connectivity index (χ3v) is 4.21. The lowest BCUT2D eigenvalue weighted by molar-refractivity contribution is 0.102. The fraction of sp³-hybridized carbons (Fsp3) is 0.0909. The molecular formula is C22H20N2O3. The highest BCUT2D eigenvalue weighted by Crippen LogP contribution is 2.22. The number of anilines is 1. The quantitative estimate of drug-likeness (QED) is 0.400. The van der Waals surface area contributed by atoms with Gasteiger partial charge in [0.25, 0.3) is 5.91 Å². The van der Waals surface area contributed by atoms with Gasteiger partial charge in [-0.25, -0.2) is 0 Å². The first-order valence-corrected chi connectivity index (χ1v) is 8.46. The second-order valence-electron chi connectivity index (χ2n) is 6.04. The van der Waals surface area contributed by atoms with Crippen LogP contribution >= 0.6 is 0 Å². The molecule has 3 rings (SSSR count). The summed E-state index contributed by atoms with van der Waals surface area (Å²) in [5, 5.41) is 16.0. The molecule has 0 saturated carbocycles. The summed E-state index contributed by atoms with van der Waals surface area (Å²) in [6.07, 6.45) is 0. The van der Waals surface area contributed by atoms with E-state index in [1.54, 1.807) is 55.6 Å². The maximum Gasteiger partial charge on any atom is 0.255 e. The summed E-state index contributed by atoms with van der Waals surface area (Å²) in [6.45, 7) is 1.97. The van der Waals surface area contributed by atoms with Crippen molar-refractivity contribution >= 4 is 17.3 Å². The van der Waals surface area contributed by atoms with Gasteiger partial charge in [0, 0.05) is 16.7 Å². The molecular weight excluding hydrogens is 340 g/mol. The van der Waals surface area contributed by atoms with Crippen molar-refractivity contribution in [1.29, 1.82) is 0 Å². The molecule has 0 heterocycles. The van der Waals surface area contributed by atoms with E-state index in [1.165, 1.54) is 0 Å². The predicted octanol–water partition coefficient (Wildman–Crippen LogP) is 4.48. The highest BCUT2D eigenvalue weighted by atomic mass is 16.5. The fourth-order valence-corrected chi connectivity index (χ4v) is 2.71. The van der Waals surface area contributed by atoms with Crippen molar-refractivity contribution in [2.24, 2.45) is 5.16 Å². The van der Waals surface area contributed by atoms with E-state index < -0.39 is 0 Å². The van der Waals surface area contributed by atoms with Gasteiger partial charge in [-0.2, -0.15) is 0 Å². The van der Waals surface area contributed by atoms with Gasteiger partial charge in [0.05, 0.1) is 12.8 Å². The van der Waals surface area contributed by atoms with Gasteiger partial charge in [-0.05, 0) is 49.4 Å². The number of benzene rings is 3. The molecule has 0 spiro atoms. The lowest BCUT2D eigenvalue weighted by Gasteiger charge is -2.13. The highest BCUT2D eigenvalue weighted by molar-refractivity contribution is 6.17. The van der Waals surface area contributed by atoms with Gasteiger partial charge in [-0.3, -0.25) is 4.79 Å². The summed E-state index contributed by atoms with van der Waals surface area (Å²) in [6, 6.07) is 21.7. The third-order valence-electron chi connectivity index (χ3n) is 4.21. The van der Waals surface area contributed by atoms with Crippen LogP contribution in [0.4, 0.5) is 5.69 Å². The van der Waals surface area contributed by atoms with Gasteiger partial charge in [0.15, 0.2) is 0 Å². The molecule has 0 aliphatic rings. The van der Waals surface area contributed by atoms with Gasteiger partial charge in [0.2, 0.25) is 0 Å². The van der Waals surface area contributed by atoms with Crippen LogP contribution in [0, 0.1) is 6.92 Å². The standard InChI is InChI=1S/C22H20N2O3/c1-15-7-9-17(10-8-15)22(25)23-20-6-4-3-5-19(20)21(24-26)16-11-13-18(27-2)14-12-16/h3-14,26H,1-2H3,(H,23,25)/b24-21-. The summed E-state index contributed by atoms with van der Waals surface area (Å²) >= 11 is 0. The maximum absolute atomic E-state index is 12.6. The van der Waals surface area contributed by atoms with E-state index in [9.17, 15) is 10.0 Å². The Morgan fingerprint density at radius 3 is 2.19 bits per heavy atom. The minimum atomic E-state index is -0.227. The van der Waals surface area contributed by atoms with E-state index >= 15 is 0 Å². The number of rotatable bonds is 5. The second kappa shape index (κ2) is 8.19. The maximum atomic E-state index is 12.6. The van der Waals surface area contributed by atoms with Crippen LogP contribution < -0.4 is 10.1 Å². The van der Waals surface area contributed by atoms with Gasteiger partial charge in [-0.15, -0.1) is 0 Å². The molecule has 0 aliphatic carbocycles. The minimum Gasteiger partial charge on any atom is -0.497 e. The molecule has 136 valence electrons. The monoisotopic (exact) mass is 360 g/mol. The molecule has 3 aromatic rings. The van der Waals surface area contributed by atoms with Crippen molar-refractivity contribution in [3.05, 3.63) is 95.1 Å². The first kappa shape index (κ1) is 18.2. The van der Waals surface area contributed by atoms with Crippen LogP contribution in [-0.2, 0) is 0 Å². The Morgan fingerprint density at radius 2 is 1.56 bits per heavy atom. The Hall–Kier alpha value is -3.60. The van der Waals surface area contributed by atoms with E-state index in [1.807, 2.05) is 31.2 Å². The fourth-order valence-electron chi connectivity index (χ4n) is 2.71. The van der Waals surface area contributed by atoms with Crippen LogP contribution in [0.15, 0.2) is 78.0 Å². The Morgan fingerprint density at radius 1 is 0.926 bits per heavy atom. The van der Waals surface area contributed by atoms with Gasteiger partial charge in [0.1, 0.15) is 11.5 Å². The molecule has 0 saturated heterocycles. The van der Waals surface area contributed by atoms with Crippen molar-refractivity contribution in [2.45, 2.75) is 6.92 Å². The minimum absolute atomic E-state index is 0.227. The molecule has 0 aliphatic heterocycles. The lowest BCUT2D eigenvalue weighted by Crippen LogP contribution is -2.15. The number of hydrogen-bond donors (Lipinski definition) is 2. The molecule has 5 nitrogen and oxygen atoms in total. The van der Waals surface area contributed by atoms with Crippen molar-refractivity contribution in [3.8, 4) is 5.75 Å². The number of hydrogen-bond acceptors (Lipinski definition) is 4. The summed E-state index contributed by atoms with van der Waals surface area (Å²) in [5.74, 6) is 0.478. The first-order chi connectivity index (χ1) is 13.1. The van der Waals surface area contributed by atoms with Crippen molar-refractivity contribution in [1.82, 2.24) is 0 Å². The number of ether oxygens (including phenoxy) is 1. The third kappa shape index (κ3) is 4.15. The number of amides is 1. The Kier molecular flexibility index (Phi) is 5.52. The normalized spacial score (nSPS) is 11.1. The summed E-state index contributed by atoms with van der Waals surface area (Å²) in [4.78, 5) is 12.6. The lowest BCUT2D eigenvalue weighted by atomic mass is 10.0. The highest BCUT2D eigenvalue weighted by Gasteiger charge is 2.15. The molecule has 0 atom stereocenters. The second-order valence-corrected chi connectivity index (χ2v) is 6.04. The zero-order chi connectivity index (χ0) is 19.2. The van der Waals surface area contributed by atoms with Crippen molar-refractivity contribution in [3.63, 3.8) is 0 Å². The molecule has 2 N–H and O–H groups in total. The number of aryl methyl sites for hydroxylation is 1. The molecule has 0 aromatic heterocycles. The number of nitrogens with zero attached hydrogens (tertiary/aromatic N) is 1. The smallest absolute Gasteiger partial charge is 0.255 e. The zero-order valence-electron chi connectivity index (χ0n) is 15.1. The van der Waals surface area contributed by atoms with Crippen molar-refractivity contribution < 1.29 is 14.7 Å². The molecule has 0 radical (unpaired) electrons.